The highest BCUT2D eigenvalue weighted by Gasteiger charge is 2.93. The van der Waals surface area contributed by atoms with Gasteiger partial charge in [0.2, 0.25) is 0 Å². The Hall–Kier alpha value is -2.65. The van der Waals surface area contributed by atoms with E-state index in [1.54, 1.807) is 0 Å². The number of halogens is 15. The van der Waals surface area contributed by atoms with Crippen molar-refractivity contribution in [2.75, 3.05) is 7.11 Å². The van der Waals surface area contributed by atoms with E-state index in [0.29, 0.717) is 14.0 Å². The maximum Gasteiger partial charge on any atom is 0.460 e. The van der Waals surface area contributed by atoms with Gasteiger partial charge in [-0.3, -0.25) is 0 Å². The zero-order valence-corrected chi connectivity index (χ0v) is 19.5. The van der Waals surface area contributed by atoms with Crippen molar-refractivity contribution in [1.29, 1.82) is 0 Å². The summed E-state index contributed by atoms with van der Waals surface area (Å²) in [6, 6.07) is 12.0. The molecule has 39 heavy (non-hydrogen) atoms. The number of benzene rings is 2. The number of methoxy groups -OCH3 is 1. The molecule has 0 heterocycles. The standard InChI is InChI=1S/C23H17F15O/c1-16(39-2,15-11-7-6-10-14(15)13-8-4-3-5-9-13)12-17(24,25)18(26,27)19(28,29)20(30,31)21(32,33)22(34,35)23(36,37)38/h3-11H,12H2,1-2H3. The Morgan fingerprint density at radius 2 is 0.949 bits per heavy atom. The number of hydrogen-bond donors (Lipinski definition) is 0. The summed E-state index contributed by atoms with van der Waals surface area (Å²) >= 11 is 0. The molecule has 0 aromatic heterocycles. The van der Waals surface area contributed by atoms with Crippen molar-refractivity contribution in [1.82, 2.24) is 0 Å². The summed E-state index contributed by atoms with van der Waals surface area (Å²) in [6.45, 7) is 0.626. The van der Waals surface area contributed by atoms with E-state index < -0.39 is 59.3 Å². The zero-order valence-electron chi connectivity index (χ0n) is 19.5. The number of hydrogen-bond acceptors (Lipinski definition) is 1. The molecule has 0 saturated carbocycles. The molecule has 0 amide bonds. The SMILES string of the molecule is COC(C)(CC(F)(F)C(F)(F)C(F)(F)C(F)(F)C(F)(F)C(F)(F)C(F)(F)F)c1ccccc1-c1ccccc1. The molecule has 0 N–H and O–H groups in total. The van der Waals surface area contributed by atoms with Gasteiger partial charge in [0.25, 0.3) is 0 Å². The summed E-state index contributed by atoms with van der Waals surface area (Å²) in [5.74, 6) is -46.9. The molecule has 0 radical (unpaired) electrons. The fourth-order valence-corrected chi connectivity index (χ4v) is 3.62. The molecule has 0 aliphatic rings. The Morgan fingerprint density at radius 3 is 1.41 bits per heavy atom. The smallest absolute Gasteiger partial charge is 0.374 e. The number of alkyl halides is 15. The molecule has 0 spiro atoms. The van der Waals surface area contributed by atoms with E-state index in [-0.39, 0.29) is 11.1 Å². The first kappa shape index (κ1) is 32.6. The molecule has 16 heteroatoms. The van der Waals surface area contributed by atoms with E-state index in [2.05, 4.69) is 0 Å². The second-order valence-electron chi connectivity index (χ2n) is 8.60. The molecule has 0 saturated heterocycles. The maximum atomic E-state index is 14.8. The van der Waals surface area contributed by atoms with Crippen molar-refractivity contribution < 1.29 is 70.6 Å². The van der Waals surface area contributed by atoms with Crippen molar-refractivity contribution in [2.45, 2.75) is 60.7 Å². The zero-order chi connectivity index (χ0) is 30.5. The van der Waals surface area contributed by atoms with Gasteiger partial charge in [0.05, 0.1) is 12.0 Å². The molecule has 1 nitrogen and oxygen atoms in total. The quantitative estimate of drug-likeness (QED) is 0.250. The van der Waals surface area contributed by atoms with Crippen LogP contribution in [0, 0.1) is 0 Å². The summed E-state index contributed by atoms with van der Waals surface area (Å²) in [7, 11) is 0.626. The van der Waals surface area contributed by atoms with Crippen LogP contribution >= 0.6 is 0 Å². The second kappa shape index (κ2) is 9.77. The second-order valence-corrected chi connectivity index (χ2v) is 8.60. The Morgan fingerprint density at radius 1 is 0.538 bits per heavy atom. The summed E-state index contributed by atoms with van der Waals surface area (Å²) in [5.41, 5.74) is -2.92. The van der Waals surface area contributed by atoms with E-state index in [4.69, 9.17) is 4.74 Å². The molecule has 0 bridgehead atoms. The lowest BCUT2D eigenvalue weighted by molar-refractivity contribution is -0.453. The van der Waals surface area contributed by atoms with Crippen LogP contribution in [0.5, 0.6) is 0 Å². The van der Waals surface area contributed by atoms with Gasteiger partial charge < -0.3 is 4.74 Å². The van der Waals surface area contributed by atoms with Gasteiger partial charge in [-0.25, -0.2) is 0 Å². The van der Waals surface area contributed by atoms with E-state index in [9.17, 15) is 65.9 Å². The van der Waals surface area contributed by atoms with Gasteiger partial charge >= 0.3 is 41.7 Å². The number of rotatable bonds is 10. The summed E-state index contributed by atoms with van der Waals surface area (Å²) in [4.78, 5) is 0. The van der Waals surface area contributed by atoms with Crippen LogP contribution in [0.3, 0.4) is 0 Å². The number of ether oxygens (including phenoxy) is 1. The van der Waals surface area contributed by atoms with Crippen LogP contribution in [0.15, 0.2) is 54.6 Å². The summed E-state index contributed by atoms with van der Waals surface area (Å²) in [6.07, 6.45) is -10.3. The monoisotopic (exact) mass is 594 g/mol. The molecular weight excluding hydrogens is 577 g/mol. The lowest BCUT2D eigenvalue weighted by Crippen LogP contribution is -2.72. The van der Waals surface area contributed by atoms with Gasteiger partial charge in [-0.15, -0.1) is 0 Å². The van der Waals surface area contributed by atoms with E-state index in [1.807, 2.05) is 0 Å². The third kappa shape index (κ3) is 4.92. The normalized spacial score (nSPS) is 16.2. The summed E-state index contributed by atoms with van der Waals surface area (Å²) in [5, 5.41) is 0. The highest BCUT2D eigenvalue weighted by molar-refractivity contribution is 5.68. The minimum Gasteiger partial charge on any atom is -0.374 e. The minimum atomic E-state index is -8.34. The molecule has 220 valence electrons. The van der Waals surface area contributed by atoms with Crippen LogP contribution in [0.2, 0.25) is 0 Å². The van der Waals surface area contributed by atoms with Gasteiger partial charge in [0.1, 0.15) is 0 Å². The van der Waals surface area contributed by atoms with E-state index in [0.717, 1.165) is 12.1 Å². The highest BCUT2D eigenvalue weighted by Crippen LogP contribution is 2.63. The van der Waals surface area contributed by atoms with Gasteiger partial charge in [-0.2, -0.15) is 65.9 Å². The largest absolute Gasteiger partial charge is 0.460 e. The van der Waals surface area contributed by atoms with Crippen molar-refractivity contribution in [2.24, 2.45) is 0 Å². The molecule has 2 aromatic carbocycles. The molecule has 2 aromatic rings. The molecule has 0 aliphatic carbocycles. The van der Waals surface area contributed by atoms with Gasteiger partial charge in [-0.05, 0) is 23.6 Å². The van der Waals surface area contributed by atoms with Crippen LogP contribution in [-0.2, 0) is 10.3 Å². The molecule has 2 rings (SSSR count). The highest BCUT2D eigenvalue weighted by atomic mass is 19.4. The predicted octanol–water partition coefficient (Wildman–Crippen LogP) is 8.98. The molecule has 1 atom stereocenters. The van der Waals surface area contributed by atoms with Gasteiger partial charge in [0, 0.05) is 7.11 Å². The molecular formula is C23H17F15O. The topological polar surface area (TPSA) is 9.23 Å². The van der Waals surface area contributed by atoms with Crippen LogP contribution in [-0.4, -0.2) is 48.8 Å². The summed E-state index contributed by atoms with van der Waals surface area (Å²) < 4.78 is 209. The van der Waals surface area contributed by atoms with Crippen LogP contribution in [0.25, 0.3) is 11.1 Å². The maximum absolute atomic E-state index is 14.8. The Bertz CT molecular complexity index is 1140. The van der Waals surface area contributed by atoms with E-state index in [1.165, 1.54) is 42.5 Å². The van der Waals surface area contributed by atoms with Crippen LogP contribution in [0.1, 0.15) is 18.9 Å². The molecule has 1 unspecified atom stereocenters. The first-order valence-corrected chi connectivity index (χ1v) is 10.4. The minimum absolute atomic E-state index is 0.00462. The van der Waals surface area contributed by atoms with Crippen molar-refractivity contribution in [3.63, 3.8) is 0 Å². The Kier molecular flexibility index (Phi) is 8.15. The van der Waals surface area contributed by atoms with Crippen LogP contribution < -0.4 is 0 Å². The molecule has 0 fully saturated rings. The third-order valence-electron chi connectivity index (χ3n) is 5.98. The van der Waals surface area contributed by atoms with Crippen molar-refractivity contribution in [3.05, 3.63) is 60.2 Å². The predicted molar refractivity (Wildman–Crippen MR) is 107 cm³/mol. The average molecular weight is 594 g/mol. The third-order valence-corrected chi connectivity index (χ3v) is 5.98. The van der Waals surface area contributed by atoms with Crippen molar-refractivity contribution in [3.8, 4) is 11.1 Å². The van der Waals surface area contributed by atoms with Crippen LogP contribution in [0.4, 0.5) is 65.9 Å². The van der Waals surface area contributed by atoms with Gasteiger partial charge in [-0.1, -0.05) is 54.6 Å². The lowest BCUT2D eigenvalue weighted by Gasteiger charge is -2.43. The van der Waals surface area contributed by atoms with Gasteiger partial charge in [0.15, 0.2) is 0 Å². The van der Waals surface area contributed by atoms with Crippen molar-refractivity contribution >= 4 is 0 Å². The lowest BCUT2D eigenvalue weighted by atomic mass is 9.81. The molecule has 0 aliphatic heterocycles. The average Bonchev–Trinajstić information content (AvgIpc) is 2.83. The first-order chi connectivity index (χ1) is 17.4. The fourth-order valence-electron chi connectivity index (χ4n) is 3.62. The first-order valence-electron chi connectivity index (χ1n) is 10.4. The van der Waals surface area contributed by atoms with E-state index >= 15 is 0 Å². The Labute approximate surface area is 210 Å². The Balaban J connectivity index is 2.63. The fraction of sp³-hybridized carbons (Fsp3) is 0.478.